The average Bonchev–Trinajstić information content (AvgIpc) is 2.89. The fraction of sp³-hybridized carbons (Fsp3) is 0.286. The van der Waals surface area contributed by atoms with E-state index in [0.717, 1.165) is 39.0 Å². The predicted octanol–water partition coefficient (Wildman–Crippen LogP) is 4.20. The number of nitrogens with zero attached hydrogens (tertiary/aromatic N) is 2. The Morgan fingerprint density at radius 1 is 1.11 bits per heavy atom. The fourth-order valence-electron chi connectivity index (χ4n) is 2.40. The van der Waals surface area contributed by atoms with Gasteiger partial charge < -0.3 is 5.32 Å². The zero-order valence-corrected chi connectivity index (χ0v) is 13.7. The summed E-state index contributed by atoms with van der Waals surface area (Å²) in [5.74, 6) is 1.76. The molecule has 0 radical (unpaired) electrons. The molecule has 1 aromatic heterocycles. The van der Waals surface area contributed by atoms with Crippen LogP contribution in [0.5, 0.6) is 0 Å². The monoisotopic (exact) mass is 381 g/mol. The second-order valence-corrected chi connectivity index (χ2v) is 6.26. The minimum absolute atomic E-state index is 0.790. The molecule has 3 nitrogen and oxygen atoms in total. The molecular formula is C14H13Br2N3. The predicted molar refractivity (Wildman–Crippen MR) is 84.4 cm³/mol. The van der Waals surface area contributed by atoms with Crippen molar-refractivity contribution in [2.75, 3.05) is 12.4 Å². The summed E-state index contributed by atoms with van der Waals surface area (Å²) in [5.41, 5.74) is 3.50. The topological polar surface area (TPSA) is 37.8 Å². The van der Waals surface area contributed by atoms with Crippen LogP contribution >= 0.6 is 31.9 Å². The SMILES string of the molecule is CNc1nc(-c2ccc(Br)c(Br)c2)nc2c1CCC2. The Morgan fingerprint density at radius 2 is 1.95 bits per heavy atom. The normalized spacial score (nSPS) is 13.4. The van der Waals surface area contributed by atoms with Crippen LogP contribution in [0.3, 0.4) is 0 Å². The highest BCUT2D eigenvalue weighted by Crippen LogP contribution is 2.31. The van der Waals surface area contributed by atoms with Gasteiger partial charge in [-0.1, -0.05) is 0 Å². The Balaban J connectivity index is 2.12. The zero-order chi connectivity index (χ0) is 13.4. The molecule has 1 aliphatic rings. The Morgan fingerprint density at radius 3 is 2.68 bits per heavy atom. The number of rotatable bonds is 2. The van der Waals surface area contributed by atoms with Crippen LogP contribution in [-0.2, 0) is 12.8 Å². The number of nitrogens with one attached hydrogen (secondary N) is 1. The van der Waals surface area contributed by atoms with E-state index in [1.165, 1.54) is 17.7 Å². The van der Waals surface area contributed by atoms with E-state index in [0.29, 0.717) is 0 Å². The lowest BCUT2D eigenvalue weighted by Gasteiger charge is -2.10. The molecule has 3 rings (SSSR count). The van der Waals surface area contributed by atoms with Crippen LogP contribution < -0.4 is 5.32 Å². The van der Waals surface area contributed by atoms with Crippen molar-refractivity contribution in [2.45, 2.75) is 19.3 Å². The number of benzene rings is 1. The first kappa shape index (κ1) is 13.1. The zero-order valence-electron chi connectivity index (χ0n) is 10.5. The van der Waals surface area contributed by atoms with Gasteiger partial charge in [-0.2, -0.15) is 0 Å². The number of fused-ring (bicyclic) bond motifs is 1. The Bertz CT molecular complexity index is 641. The van der Waals surface area contributed by atoms with E-state index >= 15 is 0 Å². The first-order valence-electron chi connectivity index (χ1n) is 6.22. The summed E-state index contributed by atoms with van der Waals surface area (Å²) >= 11 is 7.00. The summed E-state index contributed by atoms with van der Waals surface area (Å²) in [7, 11) is 1.92. The smallest absolute Gasteiger partial charge is 0.161 e. The molecule has 1 aromatic carbocycles. The molecule has 1 aliphatic carbocycles. The number of hydrogen-bond acceptors (Lipinski definition) is 3. The van der Waals surface area contributed by atoms with Gasteiger partial charge in [0.15, 0.2) is 5.82 Å². The van der Waals surface area contributed by atoms with Crippen molar-refractivity contribution >= 4 is 37.7 Å². The summed E-state index contributed by atoms with van der Waals surface area (Å²) in [6.45, 7) is 0. The Kier molecular flexibility index (Phi) is 3.58. The van der Waals surface area contributed by atoms with Gasteiger partial charge >= 0.3 is 0 Å². The van der Waals surface area contributed by atoms with E-state index in [4.69, 9.17) is 4.98 Å². The first-order valence-corrected chi connectivity index (χ1v) is 7.80. The molecule has 0 unspecified atom stereocenters. The van der Waals surface area contributed by atoms with Gasteiger partial charge in [-0.3, -0.25) is 0 Å². The van der Waals surface area contributed by atoms with Crippen LogP contribution in [0.15, 0.2) is 27.1 Å². The summed E-state index contributed by atoms with van der Waals surface area (Å²) < 4.78 is 2.05. The van der Waals surface area contributed by atoms with Crippen molar-refractivity contribution in [1.29, 1.82) is 0 Å². The number of aromatic nitrogens is 2. The van der Waals surface area contributed by atoms with E-state index in [9.17, 15) is 0 Å². The fourth-order valence-corrected chi connectivity index (χ4v) is 3.03. The molecule has 0 saturated carbocycles. The van der Waals surface area contributed by atoms with Gasteiger partial charge in [-0.05, 0) is 69.3 Å². The summed E-state index contributed by atoms with van der Waals surface area (Å²) in [4.78, 5) is 9.36. The van der Waals surface area contributed by atoms with Crippen molar-refractivity contribution in [2.24, 2.45) is 0 Å². The van der Waals surface area contributed by atoms with Gasteiger partial charge in [0.05, 0.1) is 0 Å². The third kappa shape index (κ3) is 2.41. The van der Waals surface area contributed by atoms with Crippen molar-refractivity contribution < 1.29 is 0 Å². The van der Waals surface area contributed by atoms with E-state index in [2.05, 4.69) is 42.2 Å². The van der Waals surface area contributed by atoms with Gasteiger partial charge in [-0.15, -0.1) is 0 Å². The lowest BCUT2D eigenvalue weighted by molar-refractivity contribution is 0.900. The van der Waals surface area contributed by atoms with Crippen LogP contribution in [0, 0.1) is 0 Å². The summed E-state index contributed by atoms with van der Waals surface area (Å²) in [5, 5.41) is 3.19. The molecule has 0 atom stereocenters. The Hall–Kier alpha value is -0.940. The second-order valence-electron chi connectivity index (χ2n) is 4.55. The molecule has 0 amide bonds. The highest BCUT2D eigenvalue weighted by atomic mass is 79.9. The van der Waals surface area contributed by atoms with E-state index in [1.807, 2.05) is 25.2 Å². The van der Waals surface area contributed by atoms with E-state index < -0.39 is 0 Å². The second kappa shape index (κ2) is 5.21. The molecule has 0 aliphatic heterocycles. The lowest BCUT2D eigenvalue weighted by Crippen LogP contribution is -2.03. The molecule has 2 aromatic rings. The van der Waals surface area contributed by atoms with E-state index in [-0.39, 0.29) is 0 Å². The van der Waals surface area contributed by atoms with Crippen molar-refractivity contribution in [1.82, 2.24) is 9.97 Å². The minimum atomic E-state index is 0.790. The molecule has 19 heavy (non-hydrogen) atoms. The quantitative estimate of drug-likeness (QED) is 0.845. The molecule has 1 heterocycles. The summed E-state index contributed by atoms with van der Waals surface area (Å²) in [6.07, 6.45) is 3.30. The van der Waals surface area contributed by atoms with Gasteiger partial charge in [0.1, 0.15) is 5.82 Å². The van der Waals surface area contributed by atoms with Gasteiger partial charge in [0.2, 0.25) is 0 Å². The number of anilines is 1. The average molecular weight is 383 g/mol. The van der Waals surface area contributed by atoms with Crippen molar-refractivity contribution in [3.05, 3.63) is 38.4 Å². The summed E-state index contributed by atoms with van der Waals surface area (Å²) in [6, 6.07) is 6.08. The van der Waals surface area contributed by atoms with Crippen LogP contribution in [0.2, 0.25) is 0 Å². The van der Waals surface area contributed by atoms with Gasteiger partial charge in [-0.25, -0.2) is 9.97 Å². The standard InChI is InChI=1S/C14H13Br2N3/c1-17-14-9-3-2-4-12(9)18-13(19-14)8-5-6-10(15)11(16)7-8/h5-7H,2-4H2,1H3,(H,17,18,19). The largest absolute Gasteiger partial charge is 0.373 e. The van der Waals surface area contributed by atoms with Crippen LogP contribution in [0.25, 0.3) is 11.4 Å². The third-order valence-corrected chi connectivity index (χ3v) is 5.23. The molecule has 5 heteroatoms. The maximum absolute atomic E-state index is 4.72. The number of halogens is 2. The maximum atomic E-state index is 4.72. The number of hydrogen-bond donors (Lipinski definition) is 1. The Labute approximate surface area is 129 Å². The first-order chi connectivity index (χ1) is 9.19. The highest BCUT2D eigenvalue weighted by molar-refractivity contribution is 9.13. The maximum Gasteiger partial charge on any atom is 0.161 e. The van der Waals surface area contributed by atoms with Crippen molar-refractivity contribution in [3.8, 4) is 11.4 Å². The van der Waals surface area contributed by atoms with E-state index in [1.54, 1.807) is 0 Å². The molecule has 98 valence electrons. The molecule has 0 saturated heterocycles. The number of aryl methyl sites for hydroxylation is 1. The molecule has 0 spiro atoms. The molecule has 0 bridgehead atoms. The third-order valence-electron chi connectivity index (χ3n) is 3.35. The van der Waals surface area contributed by atoms with Gasteiger partial charge in [0.25, 0.3) is 0 Å². The van der Waals surface area contributed by atoms with Crippen molar-refractivity contribution in [3.63, 3.8) is 0 Å². The minimum Gasteiger partial charge on any atom is -0.373 e. The van der Waals surface area contributed by atoms with Gasteiger partial charge in [0, 0.05) is 32.8 Å². The highest BCUT2D eigenvalue weighted by Gasteiger charge is 2.19. The lowest BCUT2D eigenvalue weighted by atomic mass is 10.2. The van der Waals surface area contributed by atoms with Crippen LogP contribution in [0.1, 0.15) is 17.7 Å². The molecule has 0 fully saturated rings. The molecular weight excluding hydrogens is 370 g/mol. The van der Waals surface area contributed by atoms with Crippen LogP contribution in [0.4, 0.5) is 5.82 Å². The molecule has 1 N–H and O–H groups in total. The van der Waals surface area contributed by atoms with Crippen LogP contribution in [-0.4, -0.2) is 17.0 Å².